The number of rotatable bonds is 2. The third kappa shape index (κ3) is 2.41. The molecular weight excluding hydrogens is 196 g/mol. The smallest absolute Gasteiger partial charge is 0.0960 e. The molecule has 0 amide bonds. The van der Waals surface area contributed by atoms with E-state index in [0.29, 0.717) is 6.04 Å². The van der Waals surface area contributed by atoms with Crippen LogP contribution in [-0.2, 0) is 0 Å². The molecule has 2 nitrogen and oxygen atoms in total. The SMILES string of the molecule is CC(C)C1CCCCC1N1CCCCC1=N. The number of hydrogen-bond donors (Lipinski definition) is 1. The Morgan fingerprint density at radius 2 is 1.88 bits per heavy atom. The van der Waals surface area contributed by atoms with Crippen LogP contribution in [0.15, 0.2) is 0 Å². The van der Waals surface area contributed by atoms with Crippen LogP contribution in [0.2, 0.25) is 0 Å². The van der Waals surface area contributed by atoms with Crippen molar-refractivity contribution in [1.29, 1.82) is 5.41 Å². The molecule has 1 saturated carbocycles. The summed E-state index contributed by atoms with van der Waals surface area (Å²) >= 11 is 0. The summed E-state index contributed by atoms with van der Waals surface area (Å²) in [6.45, 7) is 5.86. The van der Waals surface area contributed by atoms with Crippen LogP contribution in [0, 0.1) is 17.2 Å². The van der Waals surface area contributed by atoms with Crippen LogP contribution in [0.1, 0.15) is 58.8 Å². The van der Waals surface area contributed by atoms with Crippen molar-refractivity contribution in [2.75, 3.05) is 6.54 Å². The molecule has 2 heteroatoms. The fourth-order valence-corrected chi connectivity index (χ4v) is 3.52. The van der Waals surface area contributed by atoms with Gasteiger partial charge in [-0.05, 0) is 37.5 Å². The maximum absolute atomic E-state index is 8.14. The summed E-state index contributed by atoms with van der Waals surface area (Å²) in [6, 6.07) is 0.682. The lowest BCUT2D eigenvalue weighted by Gasteiger charge is -2.44. The van der Waals surface area contributed by atoms with Gasteiger partial charge in [0.25, 0.3) is 0 Å². The van der Waals surface area contributed by atoms with Gasteiger partial charge in [-0.3, -0.25) is 5.41 Å². The Hall–Kier alpha value is -0.530. The molecule has 2 fully saturated rings. The second-order valence-corrected chi connectivity index (χ2v) is 5.86. The molecule has 1 N–H and O–H groups in total. The van der Waals surface area contributed by atoms with Crippen molar-refractivity contribution in [1.82, 2.24) is 4.90 Å². The third-order valence-electron chi connectivity index (χ3n) is 4.45. The highest BCUT2D eigenvalue weighted by Gasteiger charge is 2.33. The minimum absolute atomic E-state index is 0.682. The Morgan fingerprint density at radius 1 is 1.12 bits per heavy atom. The third-order valence-corrected chi connectivity index (χ3v) is 4.45. The quantitative estimate of drug-likeness (QED) is 0.758. The van der Waals surface area contributed by atoms with E-state index in [4.69, 9.17) is 5.41 Å². The predicted molar refractivity (Wildman–Crippen MR) is 68.9 cm³/mol. The summed E-state index contributed by atoms with van der Waals surface area (Å²) in [7, 11) is 0. The number of amidine groups is 1. The van der Waals surface area contributed by atoms with Crippen molar-refractivity contribution >= 4 is 5.84 Å². The monoisotopic (exact) mass is 222 g/mol. The molecule has 16 heavy (non-hydrogen) atoms. The van der Waals surface area contributed by atoms with Crippen LogP contribution in [0.5, 0.6) is 0 Å². The topological polar surface area (TPSA) is 27.1 Å². The standard InChI is InChI=1S/C14H26N2/c1-11(2)12-7-3-4-8-13(12)16-10-6-5-9-14(16)15/h11-13,15H,3-10H2,1-2H3. The van der Waals surface area contributed by atoms with Gasteiger partial charge in [0.15, 0.2) is 0 Å². The van der Waals surface area contributed by atoms with Gasteiger partial charge in [0.05, 0.1) is 5.84 Å². The summed E-state index contributed by atoms with van der Waals surface area (Å²) in [4.78, 5) is 2.44. The van der Waals surface area contributed by atoms with Gasteiger partial charge in [-0.25, -0.2) is 0 Å². The first-order chi connectivity index (χ1) is 7.70. The number of nitrogens with zero attached hydrogens (tertiary/aromatic N) is 1. The second-order valence-electron chi connectivity index (χ2n) is 5.86. The molecule has 1 saturated heterocycles. The van der Waals surface area contributed by atoms with E-state index in [1.807, 2.05) is 0 Å². The second kappa shape index (κ2) is 5.20. The molecule has 0 aromatic rings. The van der Waals surface area contributed by atoms with E-state index in [-0.39, 0.29) is 0 Å². The molecule has 0 aromatic carbocycles. The first-order valence-corrected chi connectivity index (χ1v) is 7.04. The van der Waals surface area contributed by atoms with Gasteiger partial charge in [0.2, 0.25) is 0 Å². The molecule has 0 spiro atoms. The average Bonchev–Trinajstić information content (AvgIpc) is 2.29. The minimum Gasteiger partial charge on any atom is -0.357 e. The van der Waals surface area contributed by atoms with E-state index >= 15 is 0 Å². The number of piperidine rings is 1. The van der Waals surface area contributed by atoms with E-state index in [1.54, 1.807) is 0 Å². The molecule has 1 heterocycles. The van der Waals surface area contributed by atoms with Crippen molar-refractivity contribution < 1.29 is 0 Å². The maximum Gasteiger partial charge on any atom is 0.0960 e. The summed E-state index contributed by atoms with van der Waals surface area (Å²) < 4.78 is 0. The van der Waals surface area contributed by atoms with Crippen molar-refractivity contribution in [3.63, 3.8) is 0 Å². The molecule has 2 atom stereocenters. The van der Waals surface area contributed by atoms with E-state index < -0.39 is 0 Å². The molecule has 2 unspecified atom stereocenters. The highest BCUT2D eigenvalue weighted by atomic mass is 15.2. The van der Waals surface area contributed by atoms with Crippen LogP contribution in [0.3, 0.4) is 0 Å². The van der Waals surface area contributed by atoms with Crippen LogP contribution >= 0.6 is 0 Å². The fourth-order valence-electron chi connectivity index (χ4n) is 3.52. The van der Waals surface area contributed by atoms with Crippen molar-refractivity contribution in [2.45, 2.75) is 64.8 Å². The molecule has 0 bridgehead atoms. The van der Waals surface area contributed by atoms with Crippen LogP contribution < -0.4 is 0 Å². The first kappa shape index (κ1) is 11.9. The Kier molecular flexibility index (Phi) is 3.88. The van der Waals surface area contributed by atoms with E-state index in [0.717, 1.165) is 30.6 Å². The zero-order valence-electron chi connectivity index (χ0n) is 10.8. The van der Waals surface area contributed by atoms with Gasteiger partial charge >= 0.3 is 0 Å². The molecule has 2 rings (SSSR count). The zero-order valence-corrected chi connectivity index (χ0v) is 10.8. The molecule has 1 aliphatic carbocycles. The molecule has 0 aromatic heterocycles. The van der Waals surface area contributed by atoms with Crippen LogP contribution in [-0.4, -0.2) is 23.3 Å². The normalized spacial score (nSPS) is 32.2. The van der Waals surface area contributed by atoms with E-state index in [9.17, 15) is 0 Å². The average molecular weight is 222 g/mol. The maximum atomic E-state index is 8.14. The van der Waals surface area contributed by atoms with Gasteiger partial charge in [-0.1, -0.05) is 26.7 Å². The molecule has 0 radical (unpaired) electrons. The number of hydrogen-bond acceptors (Lipinski definition) is 1. The first-order valence-electron chi connectivity index (χ1n) is 7.04. The lowest BCUT2D eigenvalue weighted by atomic mass is 9.76. The summed E-state index contributed by atoms with van der Waals surface area (Å²) in [5.41, 5.74) is 0. The highest BCUT2D eigenvalue weighted by molar-refractivity contribution is 5.80. The van der Waals surface area contributed by atoms with Crippen LogP contribution in [0.25, 0.3) is 0 Å². The largest absolute Gasteiger partial charge is 0.357 e. The van der Waals surface area contributed by atoms with Crippen LogP contribution in [0.4, 0.5) is 0 Å². The van der Waals surface area contributed by atoms with Gasteiger partial charge in [0.1, 0.15) is 0 Å². The molecule has 1 aliphatic heterocycles. The van der Waals surface area contributed by atoms with Crippen molar-refractivity contribution in [2.24, 2.45) is 11.8 Å². The van der Waals surface area contributed by atoms with E-state index in [2.05, 4.69) is 18.7 Å². The Balaban J connectivity index is 2.06. The van der Waals surface area contributed by atoms with Gasteiger partial charge < -0.3 is 4.90 Å². The predicted octanol–water partition coefficient (Wildman–Crippen LogP) is 3.66. The molecular formula is C14H26N2. The Bertz CT molecular complexity index is 247. The van der Waals surface area contributed by atoms with Gasteiger partial charge in [0, 0.05) is 19.0 Å². The lowest BCUT2D eigenvalue weighted by Crippen LogP contribution is -2.49. The fraction of sp³-hybridized carbons (Fsp3) is 0.929. The molecule has 92 valence electrons. The highest BCUT2D eigenvalue weighted by Crippen LogP contribution is 2.35. The minimum atomic E-state index is 0.682. The van der Waals surface area contributed by atoms with Crippen molar-refractivity contribution in [3.8, 4) is 0 Å². The summed E-state index contributed by atoms with van der Waals surface area (Å²) in [5, 5.41) is 8.14. The lowest BCUT2D eigenvalue weighted by molar-refractivity contribution is 0.123. The van der Waals surface area contributed by atoms with Gasteiger partial charge in [-0.15, -0.1) is 0 Å². The molecule has 2 aliphatic rings. The summed E-state index contributed by atoms with van der Waals surface area (Å²) in [5.74, 6) is 2.52. The summed E-state index contributed by atoms with van der Waals surface area (Å²) in [6.07, 6.45) is 9.02. The van der Waals surface area contributed by atoms with Gasteiger partial charge in [-0.2, -0.15) is 0 Å². The Morgan fingerprint density at radius 3 is 2.56 bits per heavy atom. The zero-order chi connectivity index (χ0) is 11.5. The Labute approximate surface area is 99.9 Å². The number of nitrogens with one attached hydrogen (secondary N) is 1. The number of likely N-dealkylation sites (tertiary alicyclic amines) is 1. The van der Waals surface area contributed by atoms with E-state index in [1.165, 1.54) is 38.5 Å². The van der Waals surface area contributed by atoms with Crippen molar-refractivity contribution in [3.05, 3.63) is 0 Å².